The molecule has 0 bridgehead atoms. The summed E-state index contributed by atoms with van der Waals surface area (Å²) in [7, 11) is 1.66. The number of thioether (sulfide) groups is 1. The van der Waals surface area contributed by atoms with Crippen LogP contribution in [0.3, 0.4) is 0 Å². The number of thiocarbonyl (C=S) groups is 1. The van der Waals surface area contributed by atoms with E-state index in [1.165, 1.54) is 0 Å². The predicted molar refractivity (Wildman–Crippen MR) is 53.2 cm³/mol. The van der Waals surface area contributed by atoms with Gasteiger partial charge < -0.3 is 9.47 Å². The van der Waals surface area contributed by atoms with Crippen LogP contribution in [0.4, 0.5) is 0 Å². The van der Waals surface area contributed by atoms with Crippen LogP contribution in [-0.4, -0.2) is 30.0 Å². The lowest BCUT2D eigenvalue weighted by Gasteiger charge is -2.10. The Morgan fingerprint density at radius 2 is 2.18 bits per heavy atom. The molecule has 0 radical (unpaired) electrons. The van der Waals surface area contributed by atoms with Gasteiger partial charge in [0.1, 0.15) is 5.44 Å². The summed E-state index contributed by atoms with van der Waals surface area (Å²) in [5.41, 5.74) is 0.141. The van der Waals surface area contributed by atoms with Crippen molar-refractivity contribution < 1.29 is 9.47 Å². The third-order valence-electron chi connectivity index (χ3n) is 0.972. The van der Waals surface area contributed by atoms with E-state index in [9.17, 15) is 0 Å². The van der Waals surface area contributed by atoms with Crippen molar-refractivity contribution in [2.75, 3.05) is 20.3 Å². The summed E-state index contributed by atoms with van der Waals surface area (Å²) in [5, 5.41) is 0. The fourth-order valence-corrected chi connectivity index (χ4v) is 1.60. The molecule has 1 unspecified atom stereocenters. The van der Waals surface area contributed by atoms with E-state index in [1.54, 1.807) is 18.9 Å². The van der Waals surface area contributed by atoms with E-state index in [0.717, 1.165) is 4.20 Å². The van der Waals surface area contributed by atoms with Crippen LogP contribution in [0.1, 0.15) is 13.8 Å². The zero-order valence-corrected chi connectivity index (χ0v) is 8.76. The van der Waals surface area contributed by atoms with Crippen molar-refractivity contribution >= 4 is 28.2 Å². The SMILES string of the molecule is COCCOC(C)SC(C)=S. The first-order valence-electron chi connectivity index (χ1n) is 3.44. The minimum absolute atomic E-state index is 0.141. The molecule has 0 aromatic rings. The van der Waals surface area contributed by atoms with Crippen molar-refractivity contribution in [2.45, 2.75) is 19.3 Å². The minimum Gasteiger partial charge on any atom is -0.382 e. The Balaban J connectivity index is 3.22. The van der Waals surface area contributed by atoms with Crippen molar-refractivity contribution in [1.82, 2.24) is 0 Å². The Bertz CT molecular complexity index is 117. The lowest BCUT2D eigenvalue weighted by atomic mass is 10.7. The molecule has 2 nitrogen and oxygen atoms in total. The van der Waals surface area contributed by atoms with Gasteiger partial charge in [0.05, 0.1) is 13.2 Å². The standard InChI is InChI=1S/C7H14O2S2/c1-6(11-7(2)10)9-5-4-8-3/h6H,4-5H2,1-3H3. The van der Waals surface area contributed by atoms with Crippen molar-refractivity contribution in [3.63, 3.8) is 0 Å². The Morgan fingerprint density at radius 1 is 1.55 bits per heavy atom. The van der Waals surface area contributed by atoms with Crippen molar-refractivity contribution in [2.24, 2.45) is 0 Å². The number of hydrogen-bond acceptors (Lipinski definition) is 4. The molecule has 0 aliphatic heterocycles. The second-order valence-corrected chi connectivity index (χ2v) is 4.42. The first-order valence-corrected chi connectivity index (χ1v) is 4.73. The average Bonchev–Trinajstić information content (AvgIpc) is 1.86. The van der Waals surface area contributed by atoms with Gasteiger partial charge in [-0.2, -0.15) is 0 Å². The lowest BCUT2D eigenvalue weighted by molar-refractivity contribution is 0.0644. The monoisotopic (exact) mass is 194 g/mol. The largest absolute Gasteiger partial charge is 0.382 e. The first kappa shape index (κ1) is 11.4. The summed E-state index contributed by atoms with van der Waals surface area (Å²) in [6.07, 6.45) is 0. The molecule has 0 amide bonds. The van der Waals surface area contributed by atoms with Crippen LogP contribution in [0.25, 0.3) is 0 Å². The third kappa shape index (κ3) is 8.26. The number of ether oxygens (including phenoxy) is 2. The van der Waals surface area contributed by atoms with E-state index in [2.05, 4.69) is 0 Å². The number of methoxy groups -OCH3 is 1. The van der Waals surface area contributed by atoms with E-state index < -0.39 is 0 Å². The number of rotatable bonds is 5. The van der Waals surface area contributed by atoms with Gasteiger partial charge in [-0.25, -0.2) is 0 Å². The maximum absolute atomic E-state index is 5.34. The second-order valence-electron chi connectivity index (χ2n) is 2.04. The molecule has 0 spiro atoms. The quantitative estimate of drug-likeness (QED) is 0.379. The van der Waals surface area contributed by atoms with Gasteiger partial charge in [-0.1, -0.05) is 24.0 Å². The Kier molecular flexibility index (Phi) is 7.26. The van der Waals surface area contributed by atoms with E-state index in [0.29, 0.717) is 13.2 Å². The summed E-state index contributed by atoms with van der Waals surface area (Å²) in [4.78, 5) is 0. The molecular formula is C7H14O2S2. The molecule has 1 atom stereocenters. The van der Waals surface area contributed by atoms with Crippen LogP contribution in [0.15, 0.2) is 0 Å². The predicted octanol–water partition coefficient (Wildman–Crippen LogP) is 2.08. The highest BCUT2D eigenvalue weighted by Gasteiger charge is 2.02. The van der Waals surface area contributed by atoms with Crippen molar-refractivity contribution in [3.05, 3.63) is 0 Å². The zero-order chi connectivity index (χ0) is 8.69. The van der Waals surface area contributed by atoms with Crippen LogP contribution in [-0.2, 0) is 9.47 Å². The van der Waals surface area contributed by atoms with E-state index in [1.807, 2.05) is 13.8 Å². The van der Waals surface area contributed by atoms with Crippen molar-refractivity contribution in [3.8, 4) is 0 Å². The van der Waals surface area contributed by atoms with Crippen LogP contribution < -0.4 is 0 Å². The summed E-state index contributed by atoms with van der Waals surface area (Å²) >= 11 is 6.46. The van der Waals surface area contributed by atoms with Gasteiger partial charge in [-0.05, 0) is 13.8 Å². The normalized spacial score (nSPS) is 13.0. The molecule has 66 valence electrons. The Labute approximate surface area is 77.6 Å². The highest BCUT2D eigenvalue weighted by atomic mass is 32.2. The Hall–Kier alpha value is 0.360. The summed E-state index contributed by atoms with van der Waals surface area (Å²) in [5.74, 6) is 0. The highest BCUT2D eigenvalue weighted by molar-refractivity contribution is 8.23. The van der Waals surface area contributed by atoms with Gasteiger partial charge in [-0.15, -0.1) is 0 Å². The fraction of sp³-hybridized carbons (Fsp3) is 0.857. The minimum atomic E-state index is 0.141. The van der Waals surface area contributed by atoms with Crippen LogP contribution in [0, 0.1) is 0 Å². The summed E-state index contributed by atoms with van der Waals surface area (Å²) in [6, 6.07) is 0. The fourth-order valence-electron chi connectivity index (χ4n) is 0.565. The maximum Gasteiger partial charge on any atom is 0.105 e. The molecule has 11 heavy (non-hydrogen) atoms. The van der Waals surface area contributed by atoms with E-state index in [-0.39, 0.29) is 5.44 Å². The van der Waals surface area contributed by atoms with Crippen molar-refractivity contribution in [1.29, 1.82) is 0 Å². The number of hydrogen-bond donors (Lipinski definition) is 0. The van der Waals surface area contributed by atoms with Crippen LogP contribution in [0.5, 0.6) is 0 Å². The zero-order valence-electron chi connectivity index (χ0n) is 7.12. The smallest absolute Gasteiger partial charge is 0.105 e. The van der Waals surface area contributed by atoms with Gasteiger partial charge in [0.15, 0.2) is 0 Å². The molecule has 0 aromatic carbocycles. The molecule has 0 N–H and O–H groups in total. The van der Waals surface area contributed by atoms with E-state index in [4.69, 9.17) is 21.7 Å². The van der Waals surface area contributed by atoms with Crippen LogP contribution in [0.2, 0.25) is 0 Å². The summed E-state index contributed by atoms with van der Waals surface area (Å²) in [6.45, 7) is 5.15. The van der Waals surface area contributed by atoms with Crippen LogP contribution >= 0.6 is 24.0 Å². The van der Waals surface area contributed by atoms with Gasteiger partial charge >= 0.3 is 0 Å². The molecular weight excluding hydrogens is 180 g/mol. The van der Waals surface area contributed by atoms with Gasteiger partial charge in [0, 0.05) is 11.3 Å². The molecule has 0 saturated carbocycles. The molecule has 0 rings (SSSR count). The highest BCUT2D eigenvalue weighted by Crippen LogP contribution is 2.13. The molecule has 4 heteroatoms. The van der Waals surface area contributed by atoms with Gasteiger partial charge in [0.2, 0.25) is 0 Å². The van der Waals surface area contributed by atoms with Gasteiger partial charge in [-0.3, -0.25) is 0 Å². The topological polar surface area (TPSA) is 18.5 Å². The third-order valence-corrected chi connectivity index (χ3v) is 2.06. The molecule has 0 fully saturated rings. The average molecular weight is 194 g/mol. The molecule has 0 aliphatic carbocycles. The molecule has 0 aliphatic rings. The summed E-state index contributed by atoms with van der Waals surface area (Å²) < 4.78 is 11.1. The van der Waals surface area contributed by atoms with Gasteiger partial charge in [0.25, 0.3) is 0 Å². The Morgan fingerprint density at radius 3 is 2.64 bits per heavy atom. The second kappa shape index (κ2) is 7.03. The first-order chi connectivity index (χ1) is 5.16. The van der Waals surface area contributed by atoms with E-state index >= 15 is 0 Å². The lowest BCUT2D eigenvalue weighted by Crippen LogP contribution is -2.09. The maximum atomic E-state index is 5.34. The molecule has 0 aromatic heterocycles. The molecule has 0 saturated heterocycles. The molecule has 0 heterocycles.